The Morgan fingerprint density at radius 1 is 1.21 bits per heavy atom. The topological polar surface area (TPSA) is 54.4 Å². The van der Waals surface area contributed by atoms with E-state index >= 15 is 0 Å². The fraction of sp³-hybridized carbons (Fsp3) is 0.467. The second kappa shape index (κ2) is 6.33. The molecule has 0 bridgehead atoms. The molecule has 4 heteroatoms. The number of halogens is 1. The summed E-state index contributed by atoms with van der Waals surface area (Å²) < 4.78 is 0.780. The quantitative estimate of drug-likeness (QED) is 0.854. The number of rotatable bonds is 4. The molecule has 1 aliphatic carbocycles. The van der Waals surface area contributed by atoms with E-state index in [-0.39, 0.29) is 17.6 Å². The zero-order valence-corrected chi connectivity index (χ0v) is 12.2. The van der Waals surface area contributed by atoms with E-state index in [1.54, 1.807) is 6.07 Å². The van der Waals surface area contributed by atoms with Crippen molar-refractivity contribution in [3.05, 3.63) is 34.3 Å². The molecule has 2 atom stereocenters. The van der Waals surface area contributed by atoms with Gasteiger partial charge in [-0.1, -0.05) is 47.0 Å². The van der Waals surface area contributed by atoms with E-state index in [1.807, 2.05) is 18.2 Å². The molecule has 0 amide bonds. The predicted molar refractivity (Wildman–Crippen MR) is 76.2 cm³/mol. The van der Waals surface area contributed by atoms with Gasteiger partial charge in [0.05, 0.1) is 5.92 Å². The molecule has 19 heavy (non-hydrogen) atoms. The number of ketones is 1. The smallest absolute Gasteiger partial charge is 0.306 e. The van der Waals surface area contributed by atoms with Crippen LogP contribution in [0.3, 0.4) is 0 Å². The van der Waals surface area contributed by atoms with Crippen LogP contribution in [-0.2, 0) is 4.79 Å². The van der Waals surface area contributed by atoms with Gasteiger partial charge in [-0.05, 0) is 24.8 Å². The summed E-state index contributed by atoms with van der Waals surface area (Å²) in [6, 6.07) is 7.31. The molecule has 2 unspecified atom stereocenters. The highest BCUT2D eigenvalue weighted by atomic mass is 79.9. The standard InChI is InChI=1S/C15H17BrO3/c16-13-8-4-3-7-12(13)14(17)9-10-5-1-2-6-11(10)15(18)19/h3-4,7-8,10-11H,1-2,5-6,9H2,(H,18,19). The average molecular weight is 325 g/mol. The summed E-state index contributed by atoms with van der Waals surface area (Å²) in [4.78, 5) is 23.5. The lowest BCUT2D eigenvalue weighted by Gasteiger charge is -2.28. The Labute approximate surface area is 121 Å². The third-order valence-electron chi connectivity index (χ3n) is 3.85. The van der Waals surface area contributed by atoms with Crippen molar-refractivity contribution in [1.29, 1.82) is 0 Å². The number of carbonyl (C=O) groups is 2. The Balaban J connectivity index is 2.09. The van der Waals surface area contributed by atoms with Crippen LogP contribution in [0.15, 0.2) is 28.7 Å². The largest absolute Gasteiger partial charge is 0.481 e. The molecule has 1 aromatic carbocycles. The molecule has 1 aliphatic rings. The van der Waals surface area contributed by atoms with E-state index in [2.05, 4.69) is 15.9 Å². The molecule has 1 saturated carbocycles. The van der Waals surface area contributed by atoms with Crippen LogP contribution < -0.4 is 0 Å². The van der Waals surface area contributed by atoms with Crippen molar-refractivity contribution >= 4 is 27.7 Å². The van der Waals surface area contributed by atoms with Gasteiger partial charge in [0.1, 0.15) is 0 Å². The Morgan fingerprint density at radius 2 is 1.89 bits per heavy atom. The van der Waals surface area contributed by atoms with Crippen LogP contribution in [0, 0.1) is 11.8 Å². The summed E-state index contributed by atoms with van der Waals surface area (Å²) in [7, 11) is 0. The number of benzene rings is 1. The number of carboxylic acids is 1. The second-order valence-electron chi connectivity index (χ2n) is 5.10. The van der Waals surface area contributed by atoms with Crippen molar-refractivity contribution in [2.45, 2.75) is 32.1 Å². The monoisotopic (exact) mass is 324 g/mol. The first-order valence-corrected chi connectivity index (χ1v) is 7.39. The van der Waals surface area contributed by atoms with Crippen LogP contribution in [0.1, 0.15) is 42.5 Å². The Morgan fingerprint density at radius 3 is 2.58 bits per heavy atom. The molecule has 0 radical (unpaired) electrons. The molecule has 0 heterocycles. The molecule has 3 nitrogen and oxygen atoms in total. The lowest BCUT2D eigenvalue weighted by atomic mass is 9.76. The zero-order chi connectivity index (χ0) is 13.8. The minimum absolute atomic E-state index is 0.0224. The van der Waals surface area contributed by atoms with Crippen molar-refractivity contribution in [3.63, 3.8) is 0 Å². The van der Waals surface area contributed by atoms with Crippen LogP contribution in [0.25, 0.3) is 0 Å². The van der Waals surface area contributed by atoms with Gasteiger partial charge in [-0.15, -0.1) is 0 Å². The predicted octanol–water partition coefficient (Wildman–Crippen LogP) is 3.91. The minimum Gasteiger partial charge on any atom is -0.481 e. The van der Waals surface area contributed by atoms with Gasteiger partial charge < -0.3 is 5.11 Å². The molecule has 0 aliphatic heterocycles. The Bertz CT molecular complexity index is 484. The lowest BCUT2D eigenvalue weighted by molar-refractivity contribution is -0.144. The maximum Gasteiger partial charge on any atom is 0.306 e. The van der Waals surface area contributed by atoms with E-state index in [0.29, 0.717) is 18.4 Å². The van der Waals surface area contributed by atoms with Gasteiger partial charge in [0.15, 0.2) is 5.78 Å². The third kappa shape index (κ3) is 3.44. The van der Waals surface area contributed by atoms with Crippen LogP contribution in [0.4, 0.5) is 0 Å². The van der Waals surface area contributed by atoms with Crippen molar-refractivity contribution in [1.82, 2.24) is 0 Å². The van der Waals surface area contributed by atoms with Gasteiger partial charge in [0.2, 0.25) is 0 Å². The lowest BCUT2D eigenvalue weighted by Crippen LogP contribution is -2.28. The van der Waals surface area contributed by atoms with Crippen LogP contribution >= 0.6 is 15.9 Å². The number of Topliss-reactive ketones (excluding diaryl/α,β-unsaturated/α-hetero) is 1. The summed E-state index contributed by atoms with van der Waals surface area (Å²) in [5.41, 5.74) is 0.650. The molecule has 1 fully saturated rings. The molecule has 2 rings (SSSR count). The van der Waals surface area contributed by atoms with Gasteiger partial charge in [-0.3, -0.25) is 9.59 Å². The first-order valence-electron chi connectivity index (χ1n) is 6.60. The molecule has 0 spiro atoms. The number of hydrogen-bond donors (Lipinski definition) is 1. The number of aliphatic carboxylic acids is 1. The van der Waals surface area contributed by atoms with Crippen molar-refractivity contribution in [2.24, 2.45) is 11.8 Å². The normalized spacial score (nSPS) is 23.0. The fourth-order valence-corrected chi connectivity index (χ4v) is 3.32. The number of hydrogen-bond acceptors (Lipinski definition) is 2. The van der Waals surface area contributed by atoms with Crippen molar-refractivity contribution in [2.75, 3.05) is 0 Å². The number of carbonyl (C=O) groups excluding carboxylic acids is 1. The first kappa shape index (κ1) is 14.3. The molecule has 102 valence electrons. The summed E-state index contributed by atoms with van der Waals surface area (Å²) >= 11 is 3.37. The highest BCUT2D eigenvalue weighted by Gasteiger charge is 2.32. The van der Waals surface area contributed by atoms with E-state index < -0.39 is 5.97 Å². The van der Waals surface area contributed by atoms with Crippen LogP contribution in [-0.4, -0.2) is 16.9 Å². The molecule has 0 aromatic heterocycles. The first-order chi connectivity index (χ1) is 9.09. The van der Waals surface area contributed by atoms with Gasteiger partial charge in [-0.25, -0.2) is 0 Å². The van der Waals surface area contributed by atoms with E-state index in [0.717, 1.165) is 23.7 Å². The highest BCUT2D eigenvalue weighted by Crippen LogP contribution is 2.34. The average Bonchev–Trinajstić information content (AvgIpc) is 2.39. The molecule has 0 saturated heterocycles. The third-order valence-corrected chi connectivity index (χ3v) is 4.54. The van der Waals surface area contributed by atoms with Gasteiger partial charge >= 0.3 is 5.97 Å². The Kier molecular flexibility index (Phi) is 4.75. The van der Waals surface area contributed by atoms with E-state index in [9.17, 15) is 14.7 Å². The van der Waals surface area contributed by atoms with Gasteiger partial charge in [0, 0.05) is 16.5 Å². The Hall–Kier alpha value is -1.16. The van der Waals surface area contributed by atoms with Crippen molar-refractivity contribution in [3.8, 4) is 0 Å². The SMILES string of the molecule is O=C(CC1CCCCC1C(=O)O)c1ccccc1Br. The minimum atomic E-state index is -0.760. The van der Waals surface area contributed by atoms with Crippen LogP contribution in [0.5, 0.6) is 0 Å². The maximum atomic E-state index is 12.3. The van der Waals surface area contributed by atoms with Crippen LogP contribution in [0.2, 0.25) is 0 Å². The molecule has 1 aromatic rings. The van der Waals surface area contributed by atoms with E-state index in [1.165, 1.54) is 0 Å². The maximum absolute atomic E-state index is 12.3. The summed E-state index contributed by atoms with van der Waals surface area (Å²) in [5.74, 6) is -1.11. The van der Waals surface area contributed by atoms with Gasteiger partial charge in [-0.2, -0.15) is 0 Å². The summed E-state index contributed by atoms with van der Waals surface area (Å²) in [6.07, 6.45) is 3.85. The fourth-order valence-electron chi connectivity index (χ4n) is 2.81. The molecular weight excluding hydrogens is 308 g/mol. The second-order valence-corrected chi connectivity index (χ2v) is 5.95. The molecule has 1 N–H and O–H groups in total. The summed E-state index contributed by atoms with van der Waals surface area (Å²) in [6.45, 7) is 0. The highest BCUT2D eigenvalue weighted by molar-refractivity contribution is 9.10. The van der Waals surface area contributed by atoms with Crippen molar-refractivity contribution < 1.29 is 14.7 Å². The number of carboxylic acid groups (broad SMARTS) is 1. The zero-order valence-electron chi connectivity index (χ0n) is 10.6. The summed E-state index contributed by atoms with van der Waals surface area (Å²) in [5, 5.41) is 9.23. The molecular formula is C15H17BrO3. The van der Waals surface area contributed by atoms with E-state index in [4.69, 9.17) is 0 Å². The van der Waals surface area contributed by atoms with Gasteiger partial charge in [0.25, 0.3) is 0 Å².